The van der Waals surface area contributed by atoms with E-state index in [0.29, 0.717) is 5.02 Å². The molecule has 5 nitrogen and oxygen atoms in total. The van der Waals surface area contributed by atoms with Gasteiger partial charge in [0.15, 0.2) is 5.96 Å². The Kier molecular flexibility index (Phi) is 4.13. The summed E-state index contributed by atoms with van der Waals surface area (Å²) in [5, 5.41) is 0.653. The Morgan fingerprint density at radius 2 is 2.00 bits per heavy atom. The second-order valence-corrected chi connectivity index (χ2v) is 3.69. The summed E-state index contributed by atoms with van der Waals surface area (Å²) in [5.74, 6) is -0.0629. The molecule has 0 aromatic heterocycles. The van der Waals surface area contributed by atoms with Crippen LogP contribution in [-0.4, -0.2) is 11.9 Å². The lowest BCUT2D eigenvalue weighted by atomic mass is 10.1. The van der Waals surface area contributed by atoms with Gasteiger partial charge in [0.2, 0.25) is 5.96 Å². The van der Waals surface area contributed by atoms with Gasteiger partial charge < -0.3 is 17.2 Å². The molecule has 0 saturated heterocycles. The molecule has 86 valence electrons. The molecule has 1 unspecified atom stereocenters. The molecule has 0 amide bonds. The summed E-state index contributed by atoms with van der Waals surface area (Å²) in [7, 11) is 0. The van der Waals surface area contributed by atoms with Gasteiger partial charge in [-0.05, 0) is 24.6 Å². The number of hydrogen-bond donors (Lipinski definition) is 3. The molecule has 1 atom stereocenters. The molecule has 6 N–H and O–H groups in total. The van der Waals surface area contributed by atoms with Crippen LogP contribution in [0.2, 0.25) is 5.02 Å². The average Bonchev–Trinajstić information content (AvgIpc) is 2.16. The average molecular weight is 240 g/mol. The molecule has 0 aliphatic carbocycles. The Morgan fingerprint density at radius 3 is 2.56 bits per heavy atom. The predicted molar refractivity (Wildman–Crippen MR) is 67.3 cm³/mol. The summed E-state index contributed by atoms with van der Waals surface area (Å²) in [6.45, 7) is 1.88. The van der Waals surface area contributed by atoms with E-state index in [1.807, 2.05) is 25.1 Å². The van der Waals surface area contributed by atoms with Crippen molar-refractivity contribution >= 4 is 23.5 Å². The minimum Gasteiger partial charge on any atom is -0.370 e. The van der Waals surface area contributed by atoms with Crippen LogP contribution in [0.25, 0.3) is 0 Å². The van der Waals surface area contributed by atoms with Crippen LogP contribution >= 0.6 is 11.6 Å². The molecular formula is C10H14ClN5. The molecular weight excluding hydrogens is 226 g/mol. The lowest BCUT2D eigenvalue weighted by molar-refractivity contribution is 0.816. The Labute approximate surface area is 99.0 Å². The van der Waals surface area contributed by atoms with Crippen molar-refractivity contribution in [1.29, 1.82) is 0 Å². The van der Waals surface area contributed by atoms with Gasteiger partial charge in [-0.1, -0.05) is 23.7 Å². The molecule has 1 aromatic carbocycles. The van der Waals surface area contributed by atoms with Crippen LogP contribution in [0.3, 0.4) is 0 Å². The van der Waals surface area contributed by atoms with Gasteiger partial charge in [-0.2, -0.15) is 4.99 Å². The van der Waals surface area contributed by atoms with Crippen molar-refractivity contribution in [2.45, 2.75) is 13.0 Å². The van der Waals surface area contributed by atoms with E-state index in [4.69, 9.17) is 28.8 Å². The van der Waals surface area contributed by atoms with Gasteiger partial charge in [-0.3, -0.25) is 0 Å². The van der Waals surface area contributed by atoms with Crippen molar-refractivity contribution in [2.24, 2.45) is 27.2 Å². The highest BCUT2D eigenvalue weighted by molar-refractivity contribution is 6.30. The summed E-state index contributed by atoms with van der Waals surface area (Å²) >= 11 is 5.86. The van der Waals surface area contributed by atoms with Gasteiger partial charge in [0.05, 0.1) is 6.04 Å². The Hall–Kier alpha value is -1.75. The zero-order chi connectivity index (χ0) is 12.1. The fourth-order valence-electron chi connectivity index (χ4n) is 1.20. The molecule has 1 aromatic rings. The predicted octanol–water partition coefficient (Wildman–Crippen LogP) is 0.989. The van der Waals surface area contributed by atoms with Gasteiger partial charge in [0.1, 0.15) is 0 Å². The minimum atomic E-state index is -0.151. The molecule has 6 heteroatoms. The van der Waals surface area contributed by atoms with Crippen LogP contribution < -0.4 is 17.2 Å². The fraction of sp³-hybridized carbons (Fsp3) is 0.200. The van der Waals surface area contributed by atoms with Crippen LogP contribution in [0.1, 0.15) is 18.5 Å². The number of guanidine groups is 2. The summed E-state index contributed by atoms with van der Waals surface area (Å²) in [4.78, 5) is 7.75. The maximum atomic E-state index is 5.86. The van der Waals surface area contributed by atoms with Crippen molar-refractivity contribution in [3.05, 3.63) is 34.9 Å². The van der Waals surface area contributed by atoms with E-state index < -0.39 is 0 Å². The molecule has 0 spiro atoms. The second-order valence-electron chi connectivity index (χ2n) is 3.25. The first-order chi connectivity index (χ1) is 7.49. The Morgan fingerprint density at radius 1 is 1.31 bits per heavy atom. The van der Waals surface area contributed by atoms with Gasteiger partial charge in [-0.15, -0.1) is 0 Å². The maximum absolute atomic E-state index is 5.86. The minimum absolute atomic E-state index is 0.0486. The molecule has 0 fully saturated rings. The van der Waals surface area contributed by atoms with E-state index >= 15 is 0 Å². The monoisotopic (exact) mass is 239 g/mol. The quantitative estimate of drug-likeness (QED) is 0.530. The second kappa shape index (κ2) is 5.37. The van der Waals surface area contributed by atoms with Crippen LogP contribution in [0.4, 0.5) is 0 Å². The Balaban J connectivity index is 2.87. The zero-order valence-corrected chi connectivity index (χ0v) is 9.65. The SMILES string of the molecule is CC(N=C(N)N=C(N)N)c1cccc(Cl)c1. The number of nitrogens with two attached hydrogens (primary N) is 3. The summed E-state index contributed by atoms with van der Waals surface area (Å²) in [5.41, 5.74) is 16.8. The number of nitrogens with zero attached hydrogens (tertiary/aromatic N) is 2. The third-order valence-corrected chi connectivity index (χ3v) is 2.14. The number of rotatable bonds is 2. The number of benzene rings is 1. The summed E-state index contributed by atoms with van der Waals surface area (Å²) in [6.07, 6.45) is 0. The molecule has 0 heterocycles. The summed E-state index contributed by atoms with van der Waals surface area (Å²) in [6, 6.07) is 7.21. The Bertz CT molecular complexity index is 423. The molecule has 0 bridgehead atoms. The molecule has 0 saturated carbocycles. The molecule has 0 aliphatic heterocycles. The highest BCUT2D eigenvalue weighted by atomic mass is 35.5. The molecule has 0 radical (unpaired) electrons. The third-order valence-electron chi connectivity index (χ3n) is 1.90. The van der Waals surface area contributed by atoms with Gasteiger partial charge >= 0.3 is 0 Å². The summed E-state index contributed by atoms with van der Waals surface area (Å²) < 4.78 is 0. The van der Waals surface area contributed by atoms with Crippen LogP contribution in [-0.2, 0) is 0 Å². The van der Waals surface area contributed by atoms with Gasteiger partial charge in [-0.25, -0.2) is 4.99 Å². The van der Waals surface area contributed by atoms with Gasteiger partial charge in [0.25, 0.3) is 0 Å². The van der Waals surface area contributed by atoms with E-state index in [2.05, 4.69) is 9.98 Å². The first kappa shape index (κ1) is 12.3. The van der Waals surface area contributed by atoms with Crippen molar-refractivity contribution in [1.82, 2.24) is 0 Å². The van der Waals surface area contributed by atoms with E-state index in [1.54, 1.807) is 6.07 Å². The van der Waals surface area contributed by atoms with Crippen LogP contribution in [0.15, 0.2) is 34.3 Å². The number of halogens is 1. The molecule has 1 rings (SSSR count). The third kappa shape index (κ3) is 3.78. The van der Waals surface area contributed by atoms with E-state index in [-0.39, 0.29) is 18.0 Å². The van der Waals surface area contributed by atoms with Crippen LogP contribution in [0.5, 0.6) is 0 Å². The van der Waals surface area contributed by atoms with E-state index in [9.17, 15) is 0 Å². The van der Waals surface area contributed by atoms with Crippen molar-refractivity contribution in [3.63, 3.8) is 0 Å². The maximum Gasteiger partial charge on any atom is 0.219 e. The van der Waals surface area contributed by atoms with Crippen molar-refractivity contribution in [3.8, 4) is 0 Å². The van der Waals surface area contributed by atoms with Crippen LogP contribution in [0, 0.1) is 0 Å². The number of aliphatic imine (C=N–C) groups is 2. The number of hydrogen-bond acceptors (Lipinski definition) is 1. The standard InChI is InChI=1S/C10H14ClN5/c1-6(15-10(14)16-9(12)13)7-3-2-4-8(11)5-7/h2-6H,1H3,(H6,12,13,14,15,16). The van der Waals surface area contributed by atoms with E-state index in [0.717, 1.165) is 5.56 Å². The van der Waals surface area contributed by atoms with Gasteiger partial charge in [0, 0.05) is 5.02 Å². The van der Waals surface area contributed by atoms with E-state index in [1.165, 1.54) is 0 Å². The first-order valence-corrected chi connectivity index (χ1v) is 5.05. The normalized spacial score (nSPS) is 13.2. The highest BCUT2D eigenvalue weighted by Gasteiger charge is 2.04. The smallest absolute Gasteiger partial charge is 0.219 e. The first-order valence-electron chi connectivity index (χ1n) is 4.67. The molecule has 0 aliphatic rings. The lowest BCUT2D eigenvalue weighted by Crippen LogP contribution is -2.26. The lowest BCUT2D eigenvalue weighted by Gasteiger charge is -2.07. The largest absolute Gasteiger partial charge is 0.370 e. The fourth-order valence-corrected chi connectivity index (χ4v) is 1.40. The highest BCUT2D eigenvalue weighted by Crippen LogP contribution is 2.20. The van der Waals surface area contributed by atoms with Crippen molar-refractivity contribution < 1.29 is 0 Å². The zero-order valence-electron chi connectivity index (χ0n) is 8.89. The molecule has 16 heavy (non-hydrogen) atoms. The van der Waals surface area contributed by atoms with Crippen molar-refractivity contribution in [2.75, 3.05) is 0 Å². The topological polar surface area (TPSA) is 103 Å².